The summed E-state index contributed by atoms with van der Waals surface area (Å²) in [6.45, 7) is 1.68. The summed E-state index contributed by atoms with van der Waals surface area (Å²) in [5.74, 6) is 0.189. The highest BCUT2D eigenvalue weighted by Gasteiger charge is 2.21. The van der Waals surface area contributed by atoms with Gasteiger partial charge in [0, 0.05) is 12.1 Å². The fourth-order valence-electron chi connectivity index (χ4n) is 1.25. The summed E-state index contributed by atoms with van der Waals surface area (Å²) in [5.41, 5.74) is 0.735. The van der Waals surface area contributed by atoms with Crippen molar-refractivity contribution in [1.82, 2.24) is 4.98 Å². The average Bonchev–Trinajstić information content (AvgIpc) is 2.26. The van der Waals surface area contributed by atoms with Crippen LogP contribution in [0.4, 0.5) is 0 Å². The van der Waals surface area contributed by atoms with Crippen LogP contribution in [-0.2, 0) is 9.84 Å². The van der Waals surface area contributed by atoms with Gasteiger partial charge < -0.3 is 0 Å². The molecule has 1 heterocycles. The van der Waals surface area contributed by atoms with Gasteiger partial charge in [0.2, 0.25) is 0 Å². The highest BCUT2D eigenvalue weighted by molar-refractivity contribution is 7.91. The zero-order valence-electron chi connectivity index (χ0n) is 8.77. The number of rotatable bonds is 4. The maximum Gasteiger partial charge on any atom is 0.196 e. The molecule has 6 heteroatoms. The van der Waals surface area contributed by atoms with Gasteiger partial charge in [-0.2, -0.15) is 5.26 Å². The number of hydrogen-bond donors (Lipinski definition) is 0. The number of nitrogens with zero attached hydrogens (tertiary/aromatic N) is 2. The second kappa shape index (κ2) is 5.28. The van der Waals surface area contributed by atoms with Gasteiger partial charge in [-0.3, -0.25) is 0 Å². The van der Waals surface area contributed by atoms with Crippen molar-refractivity contribution in [2.45, 2.75) is 18.4 Å². The van der Waals surface area contributed by atoms with Gasteiger partial charge in [-0.15, -0.1) is 11.6 Å². The van der Waals surface area contributed by atoms with E-state index in [0.717, 1.165) is 0 Å². The van der Waals surface area contributed by atoms with Gasteiger partial charge in [0.05, 0.1) is 11.3 Å². The number of sulfone groups is 1. The summed E-state index contributed by atoms with van der Waals surface area (Å²) in [6.07, 6.45) is 1.74. The first kappa shape index (κ1) is 12.9. The Morgan fingerprint density at radius 1 is 1.56 bits per heavy atom. The Morgan fingerprint density at radius 2 is 2.25 bits per heavy atom. The minimum atomic E-state index is -3.51. The molecule has 0 aliphatic heterocycles. The minimum Gasteiger partial charge on any atom is -0.243 e. The topological polar surface area (TPSA) is 70.8 Å². The number of aromatic nitrogens is 1. The summed E-state index contributed by atoms with van der Waals surface area (Å²) in [7, 11) is -3.51. The minimum absolute atomic E-state index is 0.0817. The Bertz CT molecular complexity index is 520. The molecule has 0 spiro atoms. The Hall–Kier alpha value is -1.12. The van der Waals surface area contributed by atoms with Crippen molar-refractivity contribution in [2.75, 3.05) is 11.6 Å². The lowest BCUT2D eigenvalue weighted by molar-refractivity contribution is 0.590. The van der Waals surface area contributed by atoms with Gasteiger partial charge in [0.1, 0.15) is 6.07 Å². The molecule has 4 nitrogen and oxygen atoms in total. The molecule has 0 fully saturated rings. The van der Waals surface area contributed by atoms with E-state index in [-0.39, 0.29) is 22.2 Å². The molecule has 86 valence electrons. The molecule has 1 aromatic rings. The van der Waals surface area contributed by atoms with Crippen molar-refractivity contribution >= 4 is 21.4 Å². The van der Waals surface area contributed by atoms with Crippen LogP contribution in [0.25, 0.3) is 0 Å². The molecular weight excluding hydrogens is 248 g/mol. The fraction of sp³-hybridized carbons (Fsp3) is 0.400. The standard InChI is InChI=1S/C10H11ClN2O2S/c1-8-3-5-13-10(9(8)7-12)16(14,15)6-2-4-11/h3,5H,2,4,6H2,1H3. The lowest BCUT2D eigenvalue weighted by atomic mass is 10.2. The Labute approximate surface area is 99.8 Å². The Morgan fingerprint density at radius 3 is 2.81 bits per heavy atom. The predicted molar refractivity (Wildman–Crippen MR) is 61.1 cm³/mol. The smallest absolute Gasteiger partial charge is 0.196 e. The van der Waals surface area contributed by atoms with Gasteiger partial charge in [-0.1, -0.05) is 0 Å². The third kappa shape index (κ3) is 2.71. The van der Waals surface area contributed by atoms with Gasteiger partial charge in [0.25, 0.3) is 0 Å². The number of pyridine rings is 1. The SMILES string of the molecule is Cc1ccnc(S(=O)(=O)CCCCl)c1C#N. The molecule has 0 atom stereocenters. The molecule has 1 aromatic heterocycles. The molecule has 0 amide bonds. The fourth-order valence-corrected chi connectivity index (χ4v) is 3.00. The highest BCUT2D eigenvalue weighted by atomic mass is 35.5. The Balaban J connectivity index is 3.24. The largest absolute Gasteiger partial charge is 0.243 e. The maximum atomic E-state index is 11.9. The molecule has 0 aliphatic rings. The van der Waals surface area contributed by atoms with Crippen LogP contribution in [-0.4, -0.2) is 25.0 Å². The van der Waals surface area contributed by atoms with E-state index < -0.39 is 9.84 Å². The van der Waals surface area contributed by atoms with E-state index in [1.807, 2.05) is 6.07 Å². The molecule has 0 unspecified atom stereocenters. The first-order chi connectivity index (χ1) is 7.53. The molecule has 0 aliphatic carbocycles. The van der Waals surface area contributed by atoms with Gasteiger partial charge in [-0.05, 0) is 25.0 Å². The first-order valence-corrected chi connectivity index (χ1v) is 6.86. The summed E-state index contributed by atoms with van der Waals surface area (Å²) in [4.78, 5) is 3.78. The zero-order chi connectivity index (χ0) is 12.2. The molecule has 16 heavy (non-hydrogen) atoms. The van der Waals surface area contributed by atoms with Crippen LogP contribution >= 0.6 is 11.6 Å². The molecule has 0 N–H and O–H groups in total. The van der Waals surface area contributed by atoms with E-state index in [0.29, 0.717) is 12.0 Å². The van der Waals surface area contributed by atoms with E-state index in [2.05, 4.69) is 4.98 Å². The van der Waals surface area contributed by atoms with Crippen LogP contribution in [0.1, 0.15) is 17.5 Å². The van der Waals surface area contributed by atoms with Gasteiger partial charge in [0.15, 0.2) is 14.9 Å². The first-order valence-electron chi connectivity index (χ1n) is 4.67. The van der Waals surface area contributed by atoms with Crippen LogP contribution in [0.2, 0.25) is 0 Å². The quantitative estimate of drug-likeness (QED) is 0.770. The number of nitriles is 1. The van der Waals surface area contributed by atoms with Crippen LogP contribution in [0.3, 0.4) is 0 Å². The third-order valence-electron chi connectivity index (χ3n) is 2.08. The van der Waals surface area contributed by atoms with E-state index in [1.165, 1.54) is 6.20 Å². The molecular formula is C10H11ClN2O2S. The van der Waals surface area contributed by atoms with Crippen molar-refractivity contribution in [1.29, 1.82) is 5.26 Å². The van der Waals surface area contributed by atoms with Crippen LogP contribution in [0.15, 0.2) is 17.3 Å². The lowest BCUT2D eigenvalue weighted by Crippen LogP contribution is -2.12. The van der Waals surface area contributed by atoms with Crippen molar-refractivity contribution in [3.63, 3.8) is 0 Å². The molecule has 0 saturated heterocycles. The van der Waals surface area contributed by atoms with E-state index >= 15 is 0 Å². The average molecular weight is 259 g/mol. The van der Waals surface area contributed by atoms with Crippen molar-refractivity contribution in [2.24, 2.45) is 0 Å². The maximum absolute atomic E-state index is 11.9. The highest BCUT2D eigenvalue weighted by Crippen LogP contribution is 2.17. The number of halogens is 1. The monoisotopic (exact) mass is 258 g/mol. The molecule has 0 saturated carbocycles. The summed E-state index contributed by atoms with van der Waals surface area (Å²) >= 11 is 5.45. The van der Waals surface area contributed by atoms with Crippen LogP contribution < -0.4 is 0 Å². The zero-order valence-corrected chi connectivity index (χ0v) is 10.3. The summed E-state index contributed by atoms with van der Waals surface area (Å²) in [6, 6.07) is 3.48. The molecule has 0 bridgehead atoms. The second-order valence-corrected chi connectivity index (χ2v) is 5.68. The Kier molecular flexibility index (Phi) is 4.27. The van der Waals surface area contributed by atoms with Crippen molar-refractivity contribution < 1.29 is 8.42 Å². The molecule has 0 radical (unpaired) electrons. The third-order valence-corrected chi connectivity index (χ3v) is 4.07. The normalized spacial score (nSPS) is 11.1. The van der Waals surface area contributed by atoms with Gasteiger partial charge in [-0.25, -0.2) is 13.4 Å². The number of aryl methyl sites for hydroxylation is 1. The number of alkyl halides is 1. The number of hydrogen-bond acceptors (Lipinski definition) is 4. The van der Waals surface area contributed by atoms with Crippen molar-refractivity contribution in [3.8, 4) is 6.07 Å². The van der Waals surface area contributed by atoms with Crippen LogP contribution in [0.5, 0.6) is 0 Å². The summed E-state index contributed by atoms with van der Waals surface area (Å²) in [5, 5.41) is 8.77. The van der Waals surface area contributed by atoms with Crippen LogP contribution in [0, 0.1) is 18.3 Å². The van der Waals surface area contributed by atoms with E-state index in [1.54, 1.807) is 13.0 Å². The lowest BCUT2D eigenvalue weighted by Gasteiger charge is -2.05. The van der Waals surface area contributed by atoms with E-state index in [9.17, 15) is 8.42 Å². The molecule has 0 aromatic carbocycles. The van der Waals surface area contributed by atoms with Gasteiger partial charge >= 0.3 is 0 Å². The molecule has 1 rings (SSSR count). The predicted octanol–water partition coefficient (Wildman–Crippen LogP) is 1.66. The second-order valence-electron chi connectivity index (χ2n) is 3.28. The van der Waals surface area contributed by atoms with E-state index in [4.69, 9.17) is 16.9 Å². The summed E-state index contributed by atoms with van der Waals surface area (Å²) < 4.78 is 23.7. The van der Waals surface area contributed by atoms with Crippen molar-refractivity contribution in [3.05, 3.63) is 23.4 Å².